The van der Waals surface area contributed by atoms with Gasteiger partial charge in [-0.25, -0.2) is 4.57 Å². The number of rotatable bonds is 49. The van der Waals surface area contributed by atoms with Crippen molar-refractivity contribution in [1.82, 2.24) is 0 Å². The van der Waals surface area contributed by atoms with E-state index in [1.165, 1.54) is 38.5 Å². The van der Waals surface area contributed by atoms with Gasteiger partial charge in [0.1, 0.15) is 12.7 Å². The molecule has 0 aliphatic heterocycles. The summed E-state index contributed by atoms with van der Waals surface area (Å²) in [6, 6.07) is 0. The Morgan fingerprint density at radius 1 is 0.414 bits per heavy atom. The zero-order chi connectivity index (χ0) is 51.3. The van der Waals surface area contributed by atoms with Gasteiger partial charge in [0.2, 0.25) is 0 Å². The Balaban J connectivity index is 4.82. The van der Waals surface area contributed by atoms with E-state index in [2.05, 4.69) is 106 Å². The Bertz CT molecular complexity index is 1540. The van der Waals surface area contributed by atoms with Crippen LogP contribution in [0.5, 0.6) is 0 Å². The molecule has 0 aliphatic rings. The van der Waals surface area contributed by atoms with E-state index in [1.807, 2.05) is 12.2 Å². The van der Waals surface area contributed by atoms with Gasteiger partial charge < -0.3 is 24.2 Å². The highest BCUT2D eigenvalue weighted by Crippen LogP contribution is 2.43. The molecule has 2 N–H and O–H groups in total. The van der Waals surface area contributed by atoms with E-state index >= 15 is 0 Å². The van der Waals surface area contributed by atoms with Gasteiger partial charge in [0.15, 0.2) is 6.10 Å². The maximum atomic E-state index is 12.8. The fraction of sp³-hybridized carbons (Fsp3) is 0.672. The molecule has 0 fully saturated rings. The molecule has 3 unspecified atom stereocenters. The van der Waals surface area contributed by atoms with Crippen molar-refractivity contribution in [2.45, 2.75) is 226 Å². The minimum absolute atomic E-state index is 0.0390. The molecule has 0 aromatic heterocycles. The summed E-state index contributed by atoms with van der Waals surface area (Å²) in [6.45, 7) is 4.33. The van der Waals surface area contributed by atoms with Gasteiger partial charge in [0, 0.05) is 19.3 Å². The number of aliphatic hydroxyl groups excluding tert-OH is 1. The highest BCUT2D eigenvalue weighted by Gasteiger charge is 2.28. The minimum Gasteiger partial charge on any atom is -0.462 e. The number of hydrogen-bond acceptors (Lipinski definition) is 10. The number of allylic oxidation sites excluding steroid dienone is 16. The molecule has 0 radical (unpaired) electrons. The number of carbonyl (C=O) groups is 3. The standard InChI is InChI=1S/C58H97O11P/c1-4-7-10-13-16-19-22-24-25-26-27-28-29-31-33-35-38-41-44-47-56(60)65-51-55(69-58(62)49-46-43-40-37-34-30-23-20-17-14-11-8-5-2)53-67-70(63,64)66-52-54(50-59)68-57(61)48-45-42-39-36-32-21-18-15-12-9-6-3/h8,11,15-20,24-25,27-28,30,34,40,43,54-55,59H,4-7,9-10,12-14,21-23,26,29,31-33,35-39,41-42,44-53H2,1-3H3,(H,63,64)/b11-8-,18-15-,19-16-,20-17-,25-24-,28-27-,34-30-,43-40-. The maximum Gasteiger partial charge on any atom is 0.472 e. The molecular weight excluding hydrogens is 904 g/mol. The fourth-order valence-electron chi connectivity index (χ4n) is 6.83. The van der Waals surface area contributed by atoms with Gasteiger partial charge >= 0.3 is 25.7 Å². The minimum atomic E-state index is -4.77. The predicted molar refractivity (Wildman–Crippen MR) is 288 cm³/mol. The van der Waals surface area contributed by atoms with Crippen LogP contribution in [0.1, 0.15) is 213 Å². The average Bonchev–Trinajstić information content (AvgIpc) is 3.35. The number of esters is 3. The molecule has 0 saturated carbocycles. The zero-order valence-electron chi connectivity index (χ0n) is 43.9. The number of phosphoric ester groups is 1. The Morgan fingerprint density at radius 3 is 1.29 bits per heavy atom. The lowest BCUT2D eigenvalue weighted by molar-refractivity contribution is -0.161. The first-order chi connectivity index (χ1) is 34.2. The van der Waals surface area contributed by atoms with Crippen LogP contribution >= 0.6 is 7.82 Å². The molecule has 0 rings (SSSR count). The molecule has 11 nitrogen and oxygen atoms in total. The Hall–Kier alpha value is -3.60. The third kappa shape index (κ3) is 49.4. The summed E-state index contributed by atoms with van der Waals surface area (Å²) in [4.78, 5) is 48.3. The van der Waals surface area contributed by atoms with Crippen LogP contribution in [0.2, 0.25) is 0 Å². The third-order valence-electron chi connectivity index (χ3n) is 11.0. The van der Waals surface area contributed by atoms with Crippen molar-refractivity contribution in [1.29, 1.82) is 0 Å². The lowest BCUT2D eigenvalue weighted by atomic mass is 10.1. The molecule has 400 valence electrons. The van der Waals surface area contributed by atoms with Gasteiger partial charge in [0.25, 0.3) is 0 Å². The van der Waals surface area contributed by atoms with Gasteiger partial charge in [0.05, 0.1) is 19.8 Å². The summed E-state index contributed by atoms with van der Waals surface area (Å²) in [5, 5.41) is 9.77. The molecule has 0 heterocycles. The van der Waals surface area contributed by atoms with E-state index in [-0.39, 0.29) is 25.9 Å². The summed E-state index contributed by atoms with van der Waals surface area (Å²) in [5.74, 6) is -1.60. The van der Waals surface area contributed by atoms with Crippen molar-refractivity contribution in [3.05, 3.63) is 97.2 Å². The van der Waals surface area contributed by atoms with E-state index in [9.17, 15) is 28.9 Å². The van der Waals surface area contributed by atoms with Crippen molar-refractivity contribution < 1.29 is 52.2 Å². The smallest absolute Gasteiger partial charge is 0.462 e. The molecule has 0 aliphatic carbocycles. The average molecular weight is 1000 g/mol. The first kappa shape index (κ1) is 66.4. The SMILES string of the molecule is CC/C=C\C/C=C\C/C=C\C/C=C\CCC(=O)OC(COC(=O)CCCCCCCC/C=C\C/C=C\C/C=C\CCCCC)COP(=O)(O)OCC(CO)OC(=O)CCCCCCC/C=C\CCCC. The van der Waals surface area contributed by atoms with Gasteiger partial charge in [-0.1, -0.05) is 189 Å². The molecule has 0 bridgehead atoms. The third-order valence-corrected chi connectivity index (χ3v) is 11.9. The zero-order valence-corrected chi connectivity index (χ0v) is 44.8. The number of hydrogen-bond donors (Lipinski definition) is 2. The molecule has 70 heavy (non-hydrogen) atoms. The summed E-state index contributed by atoms with van der Waals surface area (Å²) in [7, 11) is -4.77. The van der Waals surface area contributed by atoms with E-state index in [1.54, 1.807) is 0 Å². The van der Waals surface area contributed by atoms with Gasteiger partial charge in [-0.05, 0) is 103 Å². The summed E-state index contributed by atoms with van der Waals surface area (Å²) < 4.78 is 39.3. The maximum absolute atomic E-state index is 12.8. The van der Waals surface area contributed by atoms with Crippen molar-refractivity contribution in [3.8, 4) is 0 Å². The van der Waals surface area contributed by atoms with E-state index in [0.717, 1.165) is 116 Å². The molecule has 0 amide bonds. The van der Waals surface area contributed by atoms with Gasteiger partial charge in [-0.2, -0.15) is 0 Å². The van der Waals surface area contributed by atoms with Crippen LogP contribution in [-0.2, 0) is 42.2 Å². The molecule has 0 spiro atoms. The lowest BCUT2D eigenvalue weighted by Crippen LogP contribution is -2.30. The Kier molecular flexibility index (Phi) is 49.1. The van der Waals surface area contributed by atoms with Crippen molar-refractivity contribution in [2.24, 2.45) is 0 Å². The quantitative estimate of drug-likeness (QED) is 0.0197. The van der Waals surface area contributed by atoms with E-state index in [4.69, 9.17) is 23.3 Å². The van der Waals surface area contributed by atoms with Crippen LogP contribution in [0.4, 0.5) is 0 Å². The molecule has 0 aromatic carbocycles. The Labute approximate surface area is 425 Å². The molecular formula is C58H97O11P. The van der Waals surface area contributed by atoms with Crippen LogP contribution in [-0.4, -0.2) is 66.5 Å². The van der Waals surface area contributed by atoms with Crippen molar-refractivity contribution in [2.75, 3.05) is 26.4 Å². The molecule has 0 saturated heterocycles. The molecule has 3 atom stereocenters. The highest BCUT2D eigenvalue weighted by molar-refractivity contribution is 7.47. The van der Waals surface area contributed by atoms with Crippen molar-refractivity contribution in [3.63, 3.8) is 0 Å². The summed E-state index contributed by atoms with van der Waals surface area (Å²) >= 11 is 0. The van der Waals surface area contributed by atoms with Crippen LogP contribution in [0.25, 0.3) is 0 Å². The normalized spacial score (nSPS) is 14.2. The van der Waals surface area contributed by atoms with Crippen molar-refractivity contribution >= 4 is 25.7 Å². The van der Waals surface area contributed by atoms with Crippen LogP contribution in [0, 0.1) is 0 Å². The van der Waals surface area contributed by atoms with Crippen LogP contribution < -0.4 is 0 Å². The first-order valence-electron chi connectivity index (χ1n) is 27.1. The number of unbranched alkanes of at least 4 members (excludes halogenated alkanes) is 16. The highest BCUT2D eigenvalue weighted by atomic mass is 31.2. The summed E-state index contributed by atoms with van der Waals surface area (Å²) in [6.07, 6.45) is 59.7. The largest absolute Gasteiger partial charge is 0.472 e. The monoisotopic (exact) mass is 1000 g/mol. The topological polar surface area (TPSA) is 155 Å². The number of ether oxygens (including phenoxy) is 3. The fourth-order valence-corrected chi connectivity index (χ4v) is 7.61. The predicted octanol–water partition coefficient (Wildman–Crippen LogP) is 15.7. The number of phosphoric acid groups is 1. The van der Waals surface area contributed by atoms with Crippen LogP contribution in [0.3, 0.4) is 0 Å². The lowest BCUT2D eigenvalue weighted by Gasteiger charge is -2.21. The second kappa shape index (κ2) is 51.7. The van der Waals surface area contributed by atoms with Gasteiger partial charge in [-0.3, -0.25) is 23.4 Å². The molecule has 12 heteroatoms. The Morgan fingerprint density at radius 2 is 0.786 bits per heavy atom. The summed E-state index contributed by atoms with van der Waals surface area (Å²) in [5.41, 5.74) is 0. The first-order valence-corrected chi connectivity index (χ1v) is 28.6. The number of carbonyl (C=O) groups excluding carboxylic acids is 3. The van der Waals surface area contributed by atoms with E-state index in [0.29, 0.717) is 19.3 Å². The number of aliphatic hydroxyl groups is 1. The second-order valence-corrected chi connectivity index (χ2v) is 19.1. The van der Waals surface area contributed by atoms with E-state index < -0.39 is 57.8 Å². The molecule has 0 aromatic rings. The van der Waals surface area contributed by atoms with Crippen LogP contribution in [0.15, 0.2) is 97.2 Å². The second-order valence-electron chi connectivity index (χ2n) is 17.7. The van der Waals surface area contributed by atoms with Gasteiger partial charge in [-0.15, -0.1) is 0 Å².